The number of rotatable bonds is 7. The molecular formula is C20H25FN2O. The smallest absolute Gasteiger partial charge is 0.223 e. The van der Waals surface area contributed by atoms with E-state index in [9.17, 15) is 9.18 Å². The number of halogens is 1. The van der Waals surface area contributed by atoms with E-state index < -0.39 is 0 Å². The maximum Gasteiger partial charge on any atom is 0.223 e. The zero-order chi connectivity index (χ0) is 17.5. The van der Waals surface area contributed by atoms with Crippen LogP contribution < -0.4 is 4.90 Å². The fourth-order valence-corrected chi connectivity index (χ4v) is 2.60. The van der Waals surface area contributed by atoms with E-state index in [-0.39, 0.29) is 11.7 Å². The molecule has 3 nitrogen and oxygen atoms in total. The Labute approximate surface area is 143 Å². The normalized spacial score (nSPS) is 10.5. The van der Waals surface area contributed by atoms with E-state index in [0.717, 1.165) is 11.3 Å². The van der Waals surface area contributed by atoms with Gasteiger partial charge in [-0.15, -0.1) is 0 Å². The molecule has 0 radical (unpaired) electrons. The number of anilines is 1. The molecule has 2 rings (SSSR count). The summed E-state index contributed by atoms with van der Waals surface area (Å²) < 4.78 is 13.6. The summed E-state index contributed by atoms with van der Waals surface area (Å²) in [7, 11) is 4.00. The van der Waals surface area contributed by atoms with Gasteiger partial charge >= 0.3 is 0 Å². The first kappa shape index (κ1) is 18.0. The number of hydrogen-bond donors (Lipinski definition) is 0. The van der Waals surface area contributed by atoms with Crippen LogP contribution in [0.4, 0.5) is 10.1 Å². The average molecular weight is 328 g/mol. The molecule has 0 spiro atoms. The number of nitrogens with zero attached hydrogens (tertiary/aromatic N) is 2. The van der Waals surface area contributed by atoms with Gasteiger partial charge < -0.3 is 9.80 Å². The van der Waals surface area contributed by atoms with Crippen LogP contribution in [0.2, 0.25) is 0 Å². The van der Waals surface area contributed by atoms with E-state index in [1.807, 2.05) is 55.1 Å². The quantitative estimate of drug-likeness (QED) is 0.770. The maximum atomic E-state index is 13.6. The van der Waals surface area contributed by atoms with Crippen LogP contribution in [-0.2, 0) is 17.8 Å². The third kappa shape index (κ3) is 4.82. The fraction of sp³-hybridized carbons (Fsp3) is 0.350. The van der Waals surface area contributed by atoms with Crippen molar-refractivity contribution >= 4 is 11.6 Å². The second-order valence-corrected chi connectivity index (χ2v) is 6.06. The summed E-state index contributed by atoms with van der Waals surface area (Å²) in [6, 6.07) is 14.8. The highest BCUT2D eigenvalue weighted by Crippen LogP contribution is 2.15. The zero-order valence-corrected chi connectivity index (χ0v) is 14.6. The highest BCUT2D eigenvalue weighted by molar-refractivity contribution is 5.76. The molecule has 128 valence electrons. The van der Waals surface area contributed by atoms with Crippen LogP contribution in [0.1, 0.15) is 24.5 Å². The Morgan fingerprint density at radius 1 is 1.04 bits per heavy atom. The largest absolute Gasteiger partial charge is 0.378 e. The van der Waals surface area contributed by atoms with Crippen LogP contribution in [0.5, 0.6) is 0 Å². The van der Waals surface area contributed by atoms with E-state index in [1.54, 1.807) is 18.2 Å². The van der Waals surface area contributed by atoms with Gasteiger partial charge in [-0.2, -0.15) is 0 Å². The van der Waals surface area contributed by atoms with Crippen molar-refractivity contribution in [1.82, 2.24) is 4.90 Å². The molecule has 0 heterocycles. The van der Waals surface area contributed by atoms with Crippen molar-refractivity contribution in [2.75, 3.05) is 25.5 Å². The molecule has 0 aliphatic carbocycles. The average Bonchev–Trinajstić information content (AvgIpc) is 2.59. The molecule has 1 amide bonds. The van der Waals surface area contributed by atoms with Crippen molar-refractivity contribution < 1.29 is 9.18 Å². The van der Waals surface area contributed by atoms with Crippen molar-refractivity contribution in [3.05, 3.63) is 65.5 Å². The molecule has 0 aliphatic rings. The van der Waals surface area contributed by atoms with Gasteiger partial charge in [0.15, 0.2) is 0 Å². The first-order valence-corrected chi connectivity index (χ1v) is 8.28. The maximum absolute atomic E-state index is 13.6. The standard InChI is InChI=1S/C20H25FN2O/c1-4-23(15-16-9-12-18(13-10-16)22(2)3)20(24)14-11-17-7-5-6-8-19(17)21/h5-10,12-13H,4,11,14-15H2,1-3H3. The number of amides is 1. The van der Waals surface area contributed by atoms with Crippen LogP contribution in [0.25, 0.3) is 0 Å². The molecule has 2 aromatic carbocycles. The topological polar surface area (TPSA) is 23.6 Å². The number of aryl methyl sites for hydroxylation is 1. The Balaban J connectivity index is 1.95. The Morgan fingerprint density at radius 2 is 1.71 bits per heavy atom. The van der Waals surface area contributed by atoms with E-state index in [0.29, 0.717) is 31.5 Å². The molecule has 0 bridgehead atoms. The monoisotopic (exact) mass is 328 g/mol. The molecule has 0 atom stereocenters. The minimum atomic E-state index is -0.243. The first-order valence-electron chi connectivity index (χ1n) is 8.28. The summed E-state index contributed by atoms with van der Waals surface area (Å²) in [4.78, 5) is 16.3. The van der Waals surface area contributed by atoms with Crippen LogP contribution in [0.3, 0.4) is 0 Å². The van der Waals surface area contributed by atoms with E-state index in [4.69, 9.17) is 0 Å². The van der Waals surface area contributed by atoms with Gasteiger partial charge in [0.25, 0.3) is 0 Å². The summed E-state index contributed by atoms with van der Waals surface area (Å²) in [6.07, 6.45) is 0.756. The molecule has 0 saturated carbocycles. The van der Waals surface area contributed by atoms with Gasteiger partial charge in [0.1, 0.15) is 5.82 Å². The van der Waals surface area contributed by atoms with Gasteiger partial charge in [-0.05, 0) is 42.7 Å². The van der Waals surface area contributed by atoms with Crippen molar-refractivity contribution in [2.45, 2.75) is 26.3 Å². The van der Waals surface area contributed by atoms with Crippen LogP contribution in [0, 0.1) is 5.82 Å². The molecule has 4 heteroatoms. The highest BCUT2D eigenvalue weighted by Gasteiger charge is 2.13. The molecule has 0 aliphatic heterocycles. The zero-order valence-electron chi connectivity index (χ0n) is 14.6. The van der Waals surface area contributed by atoms with E-state index in [1.165, 1.54) is 6.07 Å². The second-order valence-electron chi connectivity index (χ2n) is 6.06. The number of carbonyl (C=O) groups is 1. The lowest BCUT2D eigenvalue weighted by Crippen LogP contribution is -2.30. The van der Waals surface area contributed by atoms with Crippen LogP contribution >= 0.6 is 0 Å². The molecule has 0 aromatic heterocycles. The first-order chi connectivity index (χ1) is 11.5. The predicted molar refractivity (Wildman–Crippen MR) is 96.6 cm³/mol. The molecule has 24 heavy (non-hydrogen) atoms. The Hall–Kier alpha value is -2.36. The van der Waals surface area contributed by atoms with E-state index in [2.05, 4.69) is 0 Å². The van der Waals surface area contributed by atoms with Crippen molar-refractivity contribution in [3.8, 4) is 0 Å². The molecule has 0 N–H and O–H groups in total. The van der Waals surface area contributed by atoms with Crippen LogP contribution in [0.15, 0.2) is 48.5 Å². The van der Waals surface area contributed by atoms with Gasteiger partial charge in [0, 0.05) is 39.3 Å². The number of carbonyl (C=O) groups excluding carboxylic acids is 1. The third-order valence-corrected chi connectivity index (χ3v) is 4.13. The summed E-state index contributed by atoms with van der Waals surface area (Å²) >= 11 is 0. The fourth-order valence-electron chi connectivity index (χ4n) is 2.60. The molecule has 2 aromatic rings. The van der Waals surface area contributed by atoms with Gasteiger partial charge in [-0.3, -0.25) is 4.79 Å². The number of benzene rings is 2. The lowest BCUT2D eigenvalue weighted by Gasteiger charge is -2.22. The van der Waals surface area contributed by atoms with Gasteiger partial charge in [0.05, 0.1) is 0 Å². The Morgan fingerprint density at radius 3 is 2.29 bits per heavy atom. The minimum Gasteiger partial charge on any atom is -0.378 e. The Bertz CT molecular complexity index is 668. The van der Waals surface area contributed by atoms with Crippen LogP contribution in [-0.4, -0.2) is 31.4 Å². The summed E-state index contributed by atoms with van der Waals surface area (Å²) in [6.45, 7) is 3.20. The third-order valence-electron chi connectivity index (χ3n) is 4.13. The van der Waals surface area contributed by atoms with Crippen molar-refractivity contribution in [3.63, 3.8) is 0 Å². The van der Waals surface area contributed by atoms with Crippen molar-refractivity contribution in [2.24, 2.45) is 0 Å². The molecule has 0 fully saturated rings. The SMILES string of the molecule is CCN(Cc1ccc(N(C)C)cc1)C(=O)CCc1ccccc1F. The summed E-state index contributed by atoms with van der Waals surface area (Å²) in [5.74, 6) is -0.190. The molecule has 0 unspecified atom stereocenters. The summed E-state index contributed by atoms with van der Waals surface area (Å²) in [5.41, 5.74) is 2.83. The van der Waals surface area contributed by atoms with Gasteiger partial charge in [-0.25, -0.2) is 4.39 Å². The van der Waals surface area contributed by atoms with Crippen molar-refractivity contribution in [1.29, 1.82) is 0 Å². The molecule has 0 saturated heterocycles. The second kappa shape index (κ2) is 8.48. The summed E-state index contributed by atoms with van der Waals surface area (Å²) in [5, 5.41) is 0. The van der Waals surface area contributed by atoms with Gasteiger partial charge in [-0.1, -0.05) is 30.3 Å². The lowest BCUT2D eigenvalue weighted by atomic mass is 10.1. The Kier molecular flexibility index (Phi) is 6.36. The highest BCUT2D eigenvalue weighted by atomic mass is 19.1. The lowest BCUT2D eigenvalue weighted by molar-refractivity contribution is -0.131. The van der Waals surface area contributed by atoms with Gasteiger partial charge in [0.2, 0.25) is 5.91 Å². The predicted octanol–water partition coefficient (Wildman–Crippen LogP) is 3.87. The number of hydrogen-bond acceptors (Lipinski definition) is 2. The molecular weight excluding hydrogens is 303 g/mol. The minimum absolute atomic E-state index is 0.0532. The van der Waals surface area contributed by atoms with E-state index >= 15 is 0 Å².